The van der Waals surface area contributed by atoms with Gasteiger partial charge < -0.3 is 9.47 Å². The highest BCUT2D eigenvalue weighted by Crippen LogP contribution is 2.29. The molecule has 1 aliphatic rings. The molecule has 0 aliphatic carbocycles. The van der Waals surface area contributed by atoms with E-state index in [-0.39, 0.29) is 10.7 Å². The highest BCUT2D eigenvalue weighted by Gasteiger charge is 2.34. The van der Waals surface area contributed by atoms with Gasteiger partial charge in [-0.15, -0.1) is 0 Å². The van der Waals surface area contributed by atoms with Gasteiger partial charge in [-0.2, -0.15) is 0 Å². The minimum atomic E-state index is -0.542. The quantitative estimate of drug-likeness (QED) is 0.448. The molecule has 150 valence electrons. The van der Waals surface area contributed by atoms with Crippen molar-refractivity contribution in [3.05, 3.63) is 59.2 Å². The van der Waals surface area contributed by atoms with E-state index in [9.17, 15) is 9.59 Å². The lowest BCUT2D eigenvalue weighted by molar-refractivity contribution is -0.122. The summed E-state index contributed by atoms with van der Waals surface area (Å²) >= 11 is 5.23. The van der Waals surface area contributed by atoms with Crippen molar-refractivity contribution in [1.29, 1.82) is 0 Å². The zero-order valence-electron chi connectivity index (χ0n) is 16.5. The molecule has 6 nitrogen and oxygen atoms in total. The normalized spacial score (nSPS) is 15.5. The molecule has 0 radical (unpaired) electrons. The average molecular weight is 410 g/mol. The Morgan fingerprint density at radius 2 is 1.72 bits per heavy atom. The van der Waals surface area contributed by atoms with Crippen molar-refractivity contribution in [2.45, 2.75) is 20.8 Å². The molecule has 1 heterocycles. The fourth-order valence-corrected chi connectivity index (χ4v) is 3.19. The molecule has 0 bridgehead atoms. The third-order valence-corrected chi connectivity index (χ3v) is 4.57. The second-order valence-corrected chi connectivity index (χ2v) is 6.75. The first-order valence-corrected chi connectivity index (χ1v) is 9.73. The lowest BCUT2D eigenvalue weighted by Gasteiger charge is -2.29. The van der Waals surface area contributed by atoms with Crippen LogP contribution in [0.1, 0.15) is 25.0 Å². The van der Waals surface area contributed by atoms with Crippen LogP contribution >= 0.6 is 12.2 Å². The number of hydrogen-bond donors (Lipinski definition) is 1. The van der Waals surface area contributed by atoms with Crippen molar-refractivity contribution in [2.75, 3.05) is 18.1 Å². The number of aryl methyl sites for hydroxylation is 1. The molecule has 2 aromatic rings. The number of carbonyl (C=O) groups excluding carboxylic acids is 2. The molecule has 0 unspecified atom stereocenters. The number of nitrogens with zero attached hydrogens (tertiary/aromatic N) is 1. The van der Waals surface area contributed by atoms with Crippen LogP contribution in [-0.2, 0) is 9.59 Å². The second kappa shape index (κ2) is 8.87. The predicted molar refractivity (Wildman–Crippen MR) is 116 cm³/mol. The van der Waals surface area contributed by atoms with E-state index in [1.54, 1.807) is 30.3 Å². The number of carbonyl (C=O) groups is 2. The summed E-state index contributed by atoms with van der Waals surface area (Å²) in [5, 5.41) is 2.64. The molecular weight excluding hydrogens is 388 g/mol. The van der Waals surface area contributed by atoms with Crippen molar-refractivity contribution >= 4 is 40.9 Å². The van der Waals surface area contributed by atoms with E-state index in [0.717, 1.165) is 5.56 Å². The Morgan fingerprint density at radius 1 is 1.03 bits per heavy atom. The van der Waals surface area contributed by atoms with Gasteiger partial charge in [0.15, 0.2) is 5.11 Å². The van der Waals surface area contributed by atoms with Gasteiger partial charge in [0.2, 0.25) is 0 Å². The number of benzene rings is 2. The molecule has 1 fully saturated rings. The van der Waals surface area contributed by atoms with Crippen molar-refractivity contribution < 1.29 is 19.1 Å². The molecule has 0 spiro atoms. The van der Waals surface area contributed by atoms with Crippen LogP contribution in [0.2, 0.25) is 0 Å². The number of anilines is 1. The van der Waals surface area contributed by atoms with Crippen LogP contribution in [0, 0.1) is 6.92 Å². The first-order chi connectivity index (χ1) is 13.9. The van der Waals surface area contributed by atoms with Crippen LogP contribution in [0.4, 0.5) is 5.69 Å². The Labute approximate surface area is 175 Å². The van der Waals surface area contributed by atoms with Crippen molar-refractivity contribution in [2.24, 2.45) is 0 Å². The van der Waals surface area contributed by atoms with Gasteiger partial charge in [-0.1, -0.05) is 17.7 Å². The molecule has 0 atom stereocenters. The van der Waals surface area contributed by atoms with Gasteiger partial charge in [0.05, 0.1) is 18.9 Å². The summed E-state index contributed by atoms with van der Waals surface area (Å²) in [5.74, 6) is 0.153. The molecule has 0 saturated carbocycles. The fraction of sp³-hybridized carbons (Fsp3) is 0.227. The van der Waals surface area contributed by atoms with Crippen LogP contribution in [0.5, 0.6) is 11.5 Å². The summed E-state index contributed by atoms with van der Waals surface area (Å²) in [7, 11) is 0. The minimum Gasteiger partial charge on any atom is -0.494 e. The molecule has 0 aromatic heterocycles. The van der Waals surface area contributed by atoms with E-state index in [4.69, 9.17) is 21.7 Å². The SMILES string of the molecule is CCOc1ccc(C=C2C(=O)NC(=S)N(c3ccc(C)cc3)C2=O)c(OCC)c1. The van der Waals surface area contributed by atoms with Gasteiger partial charge in [0, 0.05) is 11.6 Å². The van der Waals surface area contributed by atoms with E-state index >= 15 is 0 Å². The van der Waals surface area contributed by atoms with Crippen molar-refractivity contribution in [3.8, 4) is 11.5 Å². The third-order valence-electron chi connectivity index (χ3n) is 4.29. The molecule has 1 N–H and O–H groups in total. The molecule has 1 aliphatic heterocycles. The maximum atomic E-state index is 13.1. The lowest BCUT2D eigenvalue weighted by atomic mass is 10.1. The van der Waals surface area contributed by atoms with Crippen LogP contribution in [0.25, 0.3) is 6.08 Å². The van der Waals surface area contributed by atoms with Crippen molar-refractivity contribution in [1.82, 2.24) is 5.32 Å². The van der Waals surface area contributed by atoms with Crippen LogP contribution in [-0.4, -0.2) is 30.1 Å². The Balaban J connectivity index is 2.01. The molecule has 2 amide bonds. The molecule has 7 heteroatoms. The predicted octanol–water partition coefficient (Wildman–Crippen LogP) is 3.62. The Kier molecular flexibility index (Phi) is 6.29. The van der Waals surface area contributed by atoms with Crippen LogP contribution in [0.15, 0.2) is 48.0 Å². The average Bonchev–Trinajstić information content (AvgIpc) is 2.68. The third kappa shape index (κ3) is 4.46. The summed E-state index contributed by atoms with van der Waals surface area (Å²) in [5.41, 5.74) is 2.22. The summed E-state index contributed by atoms with van der Waals surface area (Å²) in [6.45, 7) is 6.67. The van der Waals surface area contributed by atoms with E-state index in [2.05, 4.69) is 5.32 Å². The van der Waals surface area contributed by atoms with Gasteiger partial charge in [0.25, 0.3) is 11.8 Å². The van der Waals surface area contributed by atoms with E-state index in [1.807, 2.05) is 32.9 Å². The summed E-state index contributed by atoms with van der Waals surface area (Å²) in [6, 6.07) is 12.6. The van der Waals surface area contributed by atoms with E-state index < -0.39 is 11.8 Å². The van der Waals surface area contributed by atoms with Crippen molar-refractivity contribution in [3.63, 3.8) is 0 Å². The zero-order chi connectivity index (χ0) is 21.0. The number of thiocarbonyl (C=S) groups is 1. The minimum absolute atomic E-state index is 0.0238. The first kappa shape index (κ1) is 20.5. The molecular formula is C22H22N2O4S. The standard InChI is InChI=1S/C22H22N2O4S/c1-4-27-17-11-8-15(19(13-17)28-5-2)12-18-20(25)23-22(29)24(21(18)26)16-9-6-14(3)7-10-16/h6-13H,4-5H2,1-3H3,(H,23,25,29). The van der Waals surface area contributed by atoms with E-state index in [1.165, 1.54) is 11.0 Å². The largest absolute Gasteiger partial charge is 0.494 e. The number of hydrogen-bond acceptors (Lipinski definition) is 5. The topological polar surface area (TPSA) is 67.9 Å². The van der Waals surface area contributed by atoms with E-state index in [0.29, 0.717) is 36.0 Å². The smallest absolute Gasteiger partial charge is 0.270 e. The van der Waals surface area contributed by atoms with Gasteiger partial charge in [0.1, 0.15) is 17.1 Å². The fourth-order valence-electron chi connectivity index (χ4n) is 2.91. The molecule has 3 rings (SSSR count). The van der Waals surface area contributed by atoms with Gasteiger partial charge in [-0.25, -0.2) is 0 Å². The molecule has 29 heavy (non-hydrogen) atoms. The number of ether oxygens (including phenoxy) is 2. The van der Waals surface area contributed by atoms with Gasteiger partial charge in [-0.3, -0.25) is 19.8 Å². The summed E-state index contributed by atoms with van der Waals surface area (Å²) in [4.78, 5) is 26.9. The summed E-state index contributed by atoms with van der Waals surface area (Å²) in [6.07, 6.45) is 1.52. The Morgan fingerprint density at radius 3 is 2.38 bits per heavy atom. The number of amides is 2. The highest BCUT2D eigenvalue weighted by atomic mass is 32.1. The van der Waals surface area contributed by atoms with Crippen LogP contribution in [0.3, 0.4) is 0 Å². The number of nitrogens with one attached hydrogen (secondary N) is 1. The maximum absolute atomic E-state index is 13.1. The highest BCUT2D eigenvalue weighted by molar-refractivity contribution is 7.80. The maximum Gasteiger partial charge on any atom is 0.270 e. The Bertz CT molecular complexity index is 983. The Hall–Kier alpha value is -3.19. The first-order valence-electron chi connectivity index (χ1n) is 9.32. The van der Waals surface area contributed by atoms with Gasteiger partial charge >= 0.3 is 0 Å². The van der Waals surface area contributed by atoms with Crippen LogP contribution < -0.4 is 19.7 Å². The monoisotopic (exact) mass is 410 g/mol. The number of rotatable bonds is 6. The summed E-state index contributed by atoms with van der Waals surface area (Å²) < 4.78 is 11.2. The molecule has 1 saturated heterocycles. The zero-order valence-corrected chi connectivity index (χ0v) is 17.3. The second-order valence-electron chi connectivity index (χ2n) is 6.36. The molecule has 2 aromatic carbocycles. The van der Waals surface area contributed by atoms with Gasteiger partial charge in [-0.05, 0) is 63.3 Å². The lowest BCUT2D eigenvalue weighted by Crippen LogP contribution is -2.54.